The summed E-state index contributed by atoms with van der Waals surface area (Å²) in [7, 11) is 0. The molecule has 2 aromatic rings. The molecule has 2 aromatic carbocycles. The number of carbonyl (C=O) groups excluding carboxylic acids is 1. The van der Waals surface area contributed by atoms with Gasteiger partial charge in [0.2, 0.25) is 0 Å². The van der Waals surface area contributed by atoms with E-state index in [1.807, 2.05) is 6.07 Å². The Morgan fingerprint density at radius 2 is 1.77 bits per heavy atom. The number of rotatable bonds is 6. The number of alkyl carbamates (subject to hydrolysis) is 1. The highest BCUT2D eigenvalue weighted by Crippen LogP contribution is 2.16. The molecule has 1 amide bonds. The molecule has 9 nitrogen and oxygen atoms in total. The Hall–Kier alpha value is -4.06. The van der Waals surface area contributed by atoms with Crippen molar-refractivity contribution < 1.29 is 24.2 Å². The van der Waals surface area contributed by atoms with Gasteiger partial charge < -0.3 is 19.9 Å². The van der Waals surface area contributed by atoms with Crippen molar-refractivity contribution in [2.24, 2.45) is 4.99 Å². The van der Waals surface area contributed by atoms with E-state index in [1.165, 1.54) is 0 Å². The first kappa shape index (κ1) is 23.2. The maximum Gasteiger partial charge on any atom is 0.408 e. The lowest BCUT2D eigenvalue weighted by atomic mass is 10.1. The highest BCUT2D eigenvalue weighted by atomic mass is 16.6. The summed E-state index contributed by atoms with van der Waals surface area (Å²) >= 11 is 0. The van der Waals surface area contributed by atoms with Gasteiger partial charge in [-0.2, -0.15) is 10.3 Å². The molecule has 0 fully saturated rings. The maximum absolute atomic E-state index is 11.9. The Morgan fingerprint density at radius 3 is 2.32 bits per heavy atom. The summed E-state index contributed by atoms with van der Waals surface area (Å²) in [6.07, 6.45) is 1.03. The van der Waals surface area contributed by atoms with E-state index in [0.717, 1.165) is 0 Å². The average Bonchev–Trinajstić information content (AvgIpc) is 2.68. The van der Waals surface area contributed by atoms with E-state index in [2.05, 4.69) is 15.6 Å². The summed E-state index contributed by atoms with van der Waals surface area (Å²) in [5, 5.41) is 23.0. The third-order valence-electron chi connectivity index (χ3n) is 3.72. The highest BCUT2D eigenvalue weighted by molar-refractivity contribution is 5.81. The molecule has 0 aliphatic carbocycles. The van der Waals surface area contributed by atoms with Gasteiger partial charge in [-0.15, -0.1) is 0 Å². The second-order valence-electron chi connectivity index (χ2n) is 7.48. The number of benzene rings is 2. The predicted molar refractivity (Wildman–Crippen MR) is 114 cm³/mol. The Morgan fingerprint density at radius 1 is 1.13 bits per heavy atom. The number of amides is 1. The lowest BCUT2D eigenvalue weighted by Crippen LogP contribution is -2.44. The van der Waals surface area contributed by atoms with Crippen LogP contribution in [-0.4, -0.2) is 34.8 Å². The number of nitriles is 1. The van der Waals surface area contributed by atoms with Crippen molar-refractivity contribution in [2.45, 2.75) is 38.8 Å². The van der Waals surface area contributed by atoms with Gasteiger partial charge in [0.15, 0.2) is 6.19 Å². The minimum atomic E-state index is -1.18. The number of ether oxygens (including phenoxy) is 2. The van der Waals surface area contributed by atoms with Crippen LogP contribution in [0.15, 0.2) is 59.6 Å². The molecule has 9 heteroatoms. The van der Waals surface area contributed by atoms with Crippen LogP contribution in [0.3, 0.4) is 0 Å². The van der Waals surface area contributed by atoms with E-state index < -0.39 is 23.7 Å². The number of aliphatic carboxylic acids is 1. The SMILES string of the molecule is CC(C)(C)OC(=O)N[C@@H](Cc1ccc(N=C(NC#N)Oc2ccccc2)cc1)C(=O)O. The molecule has 0 saturated heterocycles. The molecule has 1 atom stereocenters. The van der Waals surface area contributed by atoms with Crippen molar-refractivity contribution in [3.05, 3.63) is 60.2 Å². The van der Waals surface area contributed by atoms with Gasteiger partial charge in [0.25, 0.3) is 0 Å². The molecule has 0 aliphatic heterocycles. The number of amidine groups is 1. The van der Waals surface area contributed by atoms with Crippen molar-refractivity contribution >= 4 is 23.8 Å². The minimum absolute atomic E-state index is 0.00328. The van der Waals surface area contributed by atoms with Crippen LogP contribution in [0.2, 0.25) is 0 Å². The van der Waals surface area contributed by atoms with E-state index >= 15 is 0 Å². The van der Waals surface area contributed by atoms with Gasteiger partial charge in [0, 0.05) is 6.42 Å². The molecule has 162 valence electrons. The number of carbonyl (C=O) groups is 2. The van der Waals surface area contributed by atoms with Crippen LogP contribution in [0.1, 0.15) is 26.3 Å². The van der Waals surface area contributed by atoms with E-state index in [4.69, 9.17) is 14.7 Å². The van der Waals surface area contributed by atoms with Crippen LogP contribution in [-0.2, 0) is 16.0 Å². The minimum Gasteiger partial charge on any atom is -0.480 e. The highest BCUT2D eigenvalue weighted by Gasteiger charge is 2.24. The zero-order chi connectivity index (χ0) is 22.9. The molecule has 0 saturated carbocycles. The van der Waals surface area contributed by atoms with Crippen LogP contribution < -0.4 is 15.4 Å². The van der Waals surface area contributed by atoms with E-state index in [-0.39, 0.29) is 12.4 Å². The number of hydrogen-bond donors (Lipinski definition) is 3. The van der Waals surface area contributed by atoms with Crippen LogP contribution in [0, 0.1) is 11.5 Å². The second kappa shape index (κ2) is 10.6. The van der Waals surface area contributed by atoms with Crippen molar-refractivity contribution in [1.82, 2.24) is 10.6 Å². The largest absolute Gasteiger partial charge is 0.480 e. The van der Waals surface area contributed by atoms with E-state index in [9.17, 15) is 14.7 Å². The van der Waals surface area contributed by atoms with Gasteiger partial charge in [-0.25, -0.2) is 14.9 Å². The number of carboxylic acids is 1. The Kier molecular flexibility index (Phi) is 7.97. The maximum atomic E-state index is 11.9. The molecular weight excluding hydrogens is 400 g/mol. The van der Waals surface area contributed by atoms with Crippen molar-refractivity contribution in [1.29, 1.82) is 5.26 Å². The first-order valence-corrected chi connectivity index (χ1v) is 9.44. The van der Waals surface area contributed by atoms with Gasteiger partial charge >= 0.3 is 18.1 Å². The molecule has 0 bridgehead atoms. The Balaban J connectivity index is 2.08. The first-order chi connectivity index (χ1) is 14.7. The molecule has 3 N–H and O–H groups in total. The number of nitrogens with zero attached hydrogens (tertiary/aromatic N) is 2. The fourth-order valence-electron chi connectivity index (χ4n) is 2.43. The number of aliphatic imine (C=N–C) groups is 1. The summed E-state index contributed by atoms with van der Waals surface area (Å²) in [6, 6.07) is 14.4. The zero-order valence-corrected chi connectivity index (χ0v) is 17.5. The topological polar surface area (TPSA) is 133 Å². The Labute approximate surface area is 180 Å². The van der Waals surface area contributed by atoms with Crippen molar-refractivity contribution in [3.63, 3.8) is 0 Å². The predicted octanol–water partition coefficient (Wildman–Crippen LogP) is 3.34. The molecule has 31 heavy (non-hydrogen) atoms. The summed E-state index contributed by atoms with van der Waals surface area (Å²) in [4.78, 5) is 27.6. The van der Waals surface area contributed by atoms with Crippen LogP contribution in [0.4, 0.5) is 10.5 Å². The molecule has 0 spiro atoms. The van der Waals surface area contributed by atoms with Crippen molar-refractivity contribution in [2.75, 3.05) is 0 Å². The fourth-order valence-corrected chi connectivity index (χ4v) is 2.43. The third kappa shape index (κ3) is 8.45. The number of nitrogens with one attached hydrogen (secondary N) is 2. The summed E-state index contributed by atoms with van der Waals surface area (Å²) < 4.78 is 10.7. The summed E-state index contributed by atoms with van der Waals surface area (Å²) in [5.41, 5.74) is 0.426. The summed E-state index contributed by atoms with van der Waals surface area (Å²) in [6.45, 7) is 5.08. The fraction of sp³-hybridized carbons (Fsp3) is 0.273. The molecule has 0 unspecified atom stereocenters. The van der Waals surface area contributed by atoms with E-state index in [1.54, 1.807) is 75.5 Å². The number of para-hydroxylation sites is 1. The summed E-state index contributed by atoms with van der Waals surface area (Å²) in [5.74, 6) is -0.664. The number of carboxylic acid groups (broad SMARTS) is 1. The van der Waals surface area contributed by atoms with Gasteiger partial charge in [-0.3, -0.25) is 0 Å². The number of hydrogen-bond acceptors (Lipinski definition) is 6. The standard InChI is InChI=1S/C22H24N4O5/c1-22(2,3)31-21(29)26-18(19(27)28)13-15-9-11-16(12-10-15)25-20(24-14-23)30-17-7-5-4-6-8-17/h4-12,18H,13H2,1-3H3,(H,24,25)(H,26,29)(H,27,28)/t18-/m0/s1. The molecule has 0 aromatic heterocycles. The van der Waals surface area contributed by atoms with E-state index in [0.29, 0.717) is 17.0 Å². The van der Waals surface area contributed by atoms with Crippen LogP contribution in [0.25, 0.3) is 0 Å². The quantitative estimate of drug-likeness (QED) is 0.280. The zero-order valence-electron chi connectivity index (χ0n) is 17.5. The van der Waals surface area contributed by atoms with Crippen molar-refractivity contribution in [3.8, 4) is 11.9 Å². The smallest absolute Gasteiger partial charge is 0.408 e. The lowest BCUT2D eigenvalue weighted by molar-refractivity contribution is -0.139. The van der Waals surface area contributed by atoms with Crippen LogP contribution in [0.5, 0.6) is 5.75 Å². The average molecular weight is 424 g/mol. The van der Waals surface area contributed by atoms with Gasteiger partial charge in [-0.1, -0.05) is 30.3 Å². The van der Waals surface area contributed by atoms with Gasteiger partial charge in [-0.05, 0) is 50.6 Å². The first-order valence-electron chi connectivity index (χ1n) is 9.44. The molecular formula is C22H24N4O5. The Bertz CT molecular complexity index is 960. The normalized spacial score (nSPS) is 12.3. The van der Waals surface area contributed by atoms with Gasteiger partial charge in [0.1, 0.15) is 17.4 Å². The van der Waals surface area contributed by atoms with Gasteiger partial charge in [0.05, 0.1) is 5.69 Å². The third-order valence-corrected chi connectivity index (χ3v) is 3.72. The monoisotopic (exact) mass is 424 g/mol. The van der Waals surface area contributed by atoms with Crippen LogP contribution >= 0.6 is 0 Å². The molecule has 0 heterocycles. The molecule has 0 aliphatic rings. The molecule has 2 rings (SSSR count). The lowest BCUT2D eigenvalue weighted by Gasteiger charge is -2.22. The molecule has 0 radical (unpaired) electrons. The second-order valence-corrected chi connectivity index (χ2v) is 7.48.